The largest absolute Gasteiger partial charge is 0.741 e. The van der Waals surface area contributed by atoms with Crippen molar-refractivity contribution in [1.29, 1.82) is 0 Å². The smallest absolute Gasteiger partial charge is 0.485 e. The second-order valence-corrected chi connectivity index (χ2v) is 9.74. The van der Waals surface area contributed by atoms with Crippen LogP contribution < -0.4 is 21.2 Å². The van der Waals surface area contributed by atoms with Gasteiger partial charge in [0, 0.05) is 11.1 Å². The van der Waals surface area contributed by atoms with E-state index >= 15 is 0 Å². The van der Waals surface area contributed by atoms with Crippen molar-refractivity contribution >= 4 is 10.1 Å². The van der Waals surface area contributed by atoms with E-state index in [1.165, 1.54) is 25.8 Å². The number of halogens is 4. The molecule has 0 aromatic heterocycles. The molecule has 0 spiro atoms. The summed E-state index contributed by atoms with van der Waals surface area (Å²) < 4.78 is 62.0. The second-order valence-electron chi connectivity index (χ2n) is 5.51. The van der Waals surface area contributed by atoms with Crippen LogP contribution in [0.5, 0.6) is 0 Å². The summed E-state index contributed by atoms with van der Waals surface area (Å²) in [5.74, 6) is 0. The van der Waals surface area contributed by atoms with E-state index in [4.69, 9.17) is 13.0 Å². The summed E-state index contributed by atoms with van der Waals surface area (Å²) in [5.41, 5.74) is 0.00253. The Hall–Kier alpha value is -1.13. The quantitative estimate of drug-likeness (QED) is 0.363. The topological polar surface area (TPSA) is 57.2 Å². The Morgan fingerprint density at radius 2 is 1.40 bits per heavy atom. The van der Waals surface area contributed by atoms with Crippen LogP contribution in [0.15, 0.2) is 36.4 Å². The Morgan fingerprint density at radius 3 is 1.80 bits per heavy atom. The lowest BCUT2D eigenvalue weighted by molar-refractivity contribution is -0.598. The molecule has 0 amide bonds. The summed E-state index contributed by atoms with van der Waals surface area (Å²) in [7, 11) is -6.09. The number of aryl methyl sites for hydroxylation is 4. The fourth-order valence-corrected chi connectivity index (χ4v) is 4.90. The van der Waals surface area contributed by atoms with Crippen LogP contribution in [0.4, 0.5) is 13.2 Å². The van der Waals surface area contributed by atoms with E-state index < -0.39 is 15.6 Å². The number of rotatable bonds is 2. The van der Waals surface area contributed by atoms with E-state index in [0.717, 1.165) is 0 Å². The monoisotopic (exact) mass is 486 g/mol. The molecule has 3 nitrogen and oxygen atoms in total. The number of hydrogen-bond donors (Lipinski definition) is 0. The molecule has 25 heavy (non-hydrogen) atoms. The van der Waals surface area contributed by atoms with Crippen LogP contribution in [0.1, 0.15) is 22.3 Å². The molecular weight excluding hydrogens is 468 g/mol. The maximum absolute atomic E-state index is 10.7. The van der Waals surface area contributed by atoms with Crippen molar-refractivity contribution in [2.45, 2.75) is 33.2 Å². The van der Waals surface area contributed by atoms with Crippen LogP contribution in [0.2, 0.25) is 0 Å². The standard InChI is InChI=1S/C16H18I.CHF3O3S/c1-11-6-5-7-15(10-11)17-16-13(3)8-12(2)9-14(16)4;2-1(3,4)8(5,6)7/h5-10H,1-4H3;(H,5,6,7)/q+1;/p-1. The molecule has 8 heteroatoms. The highest BCUT2D eigenvalue weighted by Crippen LogP contribution is 2.20. The molecule has 0 aliphatic heterocycles. The van der Waals surface area contributed by atoms with Gasteiger partial charge in [-0.3, -0.25) is 0 Å². The predicted octanol–water partition coefficient (Wildman–Crippen LogP) is 1.10. The van der Waals surface area contributed by atoms with Gasteiger partial charge in [0.2, 0.25) is 0 Å². The third kappa shape index (κ3) is 6.95. The molecule has 138 valence electrons. The number of hydrogen-bond acceptors (Lipinski definition) is 3. The highest BCUT2D eigenvalue weighted by molar-refractivity contribution is 7.86. The van der Waals surface area contributed by atoms with E-state index in [1.807, 2.05) is 0 Å². The first-order chi connectivity index (χ1) is 11.3. The molecule has 0 saturated carbocycles. The van der Waals surface area contributed by atoms with Gasteiger partial charge in [-0.25, -0.2) is 8.42 Å². The molecule has 0 fully saturated rings. The summed E-state index contributed by atoms with van der Waals surface area (Å²) in [5, 5.41) is 0. The van der Waals surface area contributed by atoms with Crippen molar-refractivity contribution in [2.24, 2.45) is 0 Å². The number of benzene rings is 2. The van der Waals surface area contributed by atoms with E-state index in [0.29, 0.717) is 0 Å². The first-order valence-electron chi connectivity index (χ1n) is 7.13. The molecule has 0 aliphatic rings. The zero-order valence-electron chi connectivity index (χ0n) is 14.1. The Kier molecular flexibility index (Phi) is 7.45. The van der Waals surface area contributed by atoms with Gasteiger partial charge < -0.3 is 4.55 Å². The molecule has 0 atom stereocenters. The minimum atomic E-state index is -6.09. The van der Waals surface area contributed by atoms with Gasteiger partial charge in [0.1, 0.15) is 0 Å². The predicted molar refractivity (Wildman–Crippen MR) is 85.0 cm³/mol. The van der Waals surface area contributed by atoms with E-state index in [9.17, 15) is 13.2 Å². The first-order valence-corrected chi connectivity index (χ1v) is 10.7. The van der Waals surface area contributed by atoms with Crippen molar-refractivity contribution in [3.63, 3.8) is 0 Å². The lowest BCUT2D eigenvalue weighted by atomic mass is 10.1. The van der Waals surface area contributed by atoms with Crippen LogP contribution in [0.3, 0.4) is 0 Å². The molecule has 0 aliphatic carbocycles. The van der Waals surface area contributed by atoms with Gasteiger partial charge in [0.05, 0.1) is 0 Å². The van der Waals surface area contributed by atoms with E-state index in [1.54, 1.807) is 3.57 Å². The van der Waals surface area contributed by atoms with Crippen LogP contribution in [0, 0.1) is 34.8 Å². The third-order valence-corrected chi connectivity index (χ3v) is 7.15. The maximum atomic E-state index is 10.7. The van der Waals surface area contributed by atoms with Crippen LogP contribution in [-0.4, -0.2) is 18.5 Å². The summed E-state index contributed by atoms with van der Waals surface area (Å²) in [4.78, 5) is 0. The molecule has 0 saturated heterocycles. The lowest BCUT2D eigenvalue weighted by Crippen LogP contribution is -3.62. The summed E-state index contributed by atoms with van der Waals surface area (Å²) in [6.45, 7) is 8.83. The average Bonchev–Trinajstić information content (AvgIpc) is 2.41. The van der Waals surface area contributed by atoms with Gasteiger partial charge in [-0.05, 0) is 45.4 Å². The van der Waals surface area contributed by atoms with Crippen molar-refractivity contribution in [3.8, 4) is 0 Å². The van der Waals surface area contributed by atoms with Crippen LogP contribution >= 0.6 is 0 Å². The van der Waals surface area contributed by atoms with Gasteiger partial charge in [-0.1, -0.05) is 29.8 Å². The molecule has 2 aromatic carbocycles. The van der Waals surface area contributed by atoms with Gasteiger partial charge in [-0.2, -0.15) is 13.2 Å². The number of alkyl halides is 3. The zero-order valence-corrected chi connectivity index (χ0v) is 17.1. The van der Waals surface area contributed by atoms with Crippen molar-refractivity contribution in [3.05, 3.63) is 65.8 Å². The summed E-state index contributed by atoms with van der Waals surface area (Å²) in [6, 6.07) is 13.5. The molecule has 0 bridgehead atoms. The summed E-state index contributed by atoms with van der Waals surface area (Å²) in [6.07, 6.45) is 0. The molecule has 2 aromatic rings. The Labute approximate surface area is 156 Å². The maximum Gasteiger partial charge on any atom is 0.485 e. The van der Waals surface area contributed by atoms with Crippen molar-refractivity contribution in [1.82, 2.24) is 0 Å². The van der Waals surface area contributed by atoms with Crippen molar-refractivity contribution < 1.29 is 47.3 Å². The van der Waals surface area contributed by atoms with Gasteiger partial charge >= 0.3 is 26.7 Å². The van der Waals surface area contributed by atoms with Gasteiger partial charge in [-0.15, -0.1) is 0 Å². The first kappa shape index (κ1) is 21.9. The van der Waals surface area contributed by atoms with Gasteiger partial charge in [0.15, 0.2) is 17.3 Å². The second kappa shape index (κ2) is 8.50. The Bertz CT molecular complexity index is 823. The average molecular weight is 486 g/mol. The fourth-order valence-electron chi connectivity index (χ4n) is 2.08. The van der Waals surface area contributed by atoms with E-state index in [2.05, 4.69) is 64.1 Å². The molecule has 0 heterocycles. The molecule has 0 N–H and O–H groups in total. The normalized spacial score (nSPS) is 11.7. The highest BCUT2D eigenvalue weighted by Gasteiger charge is 2.36. The molecule has 2 rings (SSSR count). The SMILES string of the molecule is Cc1cccc([I+]c2c(C)cc(C)cc2C)c1.O=S(=O)([O-])C(F)(F)F. The highest BCUT2D eigenvalue weighted by atomic mass is 127. The third-order valence-electron chi connectivity index (χ3n) is 3.05. The molecule has 0 radical (unpaired) electrons. The fraction of sp³-hybridized carbons (Fsp3) is 0.294. The van der Waals surface area contributed by atoms with Crippen LogP contribution in [0.25, 0.3) is 0 Å². The van der Waals surface area contributed by atoms with Crippen LogP contribution in [-0.2, 0) is 10.1 Å². The molecule has 0 unspecified atom stereocenters. The zero-order chi connectivity index (χ0) is 19.4. The Balaban J connectivity index is 0.000000333. The minimum absolute atomic E-state index is 0.0443. The van der Waals surface area contributed by atoms with Gasteiger partial charge in [0.25, 0.3) is 0 Å². The molecular formula is C17H18F3IO3S. The van der Waals surface area contributed by atoms with Crippen molar-refractivity contribution in [2.75, 3.05) is 0 Å². The summed E-state index contributed by atoms with van der Waals surface area (Å²) >= 11 is -0.0443. The van der Waals surface area contributed by atoms with E-state index in [-0.39, 0.29) is 21.2 Å². The minimum Gasteiger partial charge on any atom is -0.741 e. The lowest BCUT2D eigenvalue weighted by Gasteiger charge is -2.08. The Morgan fingerprint density at radius 1 is 0.920 bits per heavy atom.